The van der Waals surface area contributed by atoms with E-state index >= 15 is 0 Å². The Kier molecular flexibility index (Phi) is 7.30. The summed E-state index contributed by atoms with van der Waals surface area (Å²) in [6, 6.07) is 21.4. The fourth-order valence-electron chi connectivity index (χ4n) is 5.64. The fraction of sp³-hybridized carbons (Fsp3) is 0.281. The summed E-state index contributed by atoms with van der Waals surface area (Å²) < 4.78 is 20.9. The Labute approximate surface area is 237 Å². The number of aromatic nitrogens is 3. The first kappa shape index (κ1) is 26.7. The number of rotatable bonds is 7. The number of carbonyl (C=O) groups is 2. The molecular formula is C32H32N4O5. The van der Waals surface area contributed by atoms with Gasteiger partial charge in [0.1, 0.15) is 11.2 Å². The van der Waals surface area contributed by atoms with Gasteiger partial charge in [0.05, 0.1) is 42.0 Å². The minimum atomic E-state index is -0.463. The fourth-order valence-corrected chi connectivity index (χ4v) is 5.64. The van der Waals surface area contributed by atoms with Crippen molar-refractivity contribution in [1.82, 2.24) is 19.2 Å². The largest absolute Gasteiger partial charge is 0.462 e. The molecule has 2 aromatic heterocycles. The summed E-state index contributed by atoms with van der Waals surface area (Å²) >= 11 is 0. The zero-order valence-electron chi connectivity index (χ0n) is 23.4. The molecule has 41 heavy (non-hydrogen) atoms. The van der Waals surface area contributed by atoms with Crippen LogP contribution >= 0.6 is 0 Å². The Hall–Kier alpha value is -4.47. The van der Waals surface area contributed by atoms with Gasteiger partial charge in [-0.1, -0.05) is 48.5 Å². The summed E-state index contributed by atoms with van der Waals surface area (Å²) in [5.41, 5.74) is 5.21. The second kappa shape index (κ2) is 11.2. The van der Waals surface area contributed by atoms with Crippen molar-refractivity contribution in [2.45, 2.75) is 20.4 Å². The first-order chi connectivity index (χ1) is 20.0. The number of aryl methyl sites for hydroxylation is 1. The predicted molar refractivity (Wildman–Crippen MR) is 156 cm³/mol. The number of ether oxygens (including phenoxy) is 3. The lowest BCUT2D eigenvalue weighted by molar-refractivity contribution is -0.131. The van der Waals surface area contributed by atoms with Crippen LogP contribution in [-0.2, 0) is 27.9 Å². The summed E-state index contributed by atoms with van der Waals surface area (Å²) in [5, 5.41) is 6.54. The van der Waals surface area contributed by atoms with Gasteiger partial charge in [0.2, 0.25) is 0 Å². The van der Waals surface area contributed by atoms with Crippen molar-refractivity contribution < 1.29 is 23.8 Å². The molecular weight excluding hydrogens is 520 g/mol. The van der Waals surface area contributed by atoms with Crippen molar-refractivity contribution in [3.8, 4) is 22.7 Å². The molecule has 0 unspecified atom stereocenters. The molecule has 6 rings (SSSR count). The summed E-state index contributed by atoms with van der Waals surface area (Å²) in [6.07, 6.45) is 0. The monoisotopic (exact) mass is 552 g/mol. The van der Waals surface area contributed by atoms with E-state index in [1.54, 1.807) is 13.0 Å². The number of fused-ring (bicyclic) bond motifs is 3. The lowest BCUT2D eigenvalue weighted by Crippen LogP contribution is -2.36. The van der Waals surface area contributed by atoms with Crippen molar-refractivity contribution in [1.29, 1.82) is 0 Å². The van der Waals surface area contributed by atoms with Crippen molar-refractivity contribution in [2.75, 3.05) is 32.9 Å². The minimum Gasteiger partial charge on any atom is -0.462 e. The number of nitrogens with zero attached hydrogens (tertiary/aromatic N) is 4. The molecule has 3 aromatic carbocycles. The third-order valence-corrected chi connectivity index (χ3v) is 7.44. The quantitative estimate of drug-likeness (QED) is 0.205. The van der Waals surface area contributed by atoms with E-state index in [9.17, 15) is 9.59 Å². The Morgan fingerprint density at radius 1 is 0.976 bits per heavy atom. The molecule has 0 aliphatic carbocycles. The lowest BCUT2D eigenvalue weighted by Gasteiger charge is -2.27. The topological polar surface area (TPSA) is 87.8 Å². The van der Waals surface area contributed by atoms with Crippen LogP contribution in [0.4, 0.5) is 0 Å². The van der Waals surface area contributed by atoms with Crippen LogP contribution in [0.3, 0.4) is 0 Å². The SMILES string of the molecule is CCOC(=O)c1c(CN2CCOCC2)n(C)c2c1cc(OC(C)=O)c1c2c(-c2ccccc2)nn1-c1ccccc1. The van der Waals surface area contributed by atoms with Crippen LogP contribution in [0.2, 0.25) is 0 Å². The highest BCUT2D eigenvalue weighted by Crippen LogP contribution is 2.43. The van der Waals surface area contributed by atoms with Gasteiger partial charge in [-0.15, -0.1) is 0 Å². The summed E-state index contributed by atoms with van der Waals surface area (Å²) in [5.74, 6) is -0.548. The maximum absolute atomic E-state index is 13.6. The average molecular weight is 553 g/mol. The summed E-state index contributed by atoms with van der Waals surface area (Å²) in [7, 11) is 1.97. The highest BCUT2D eigenvalue weighted by Gasteiger charge is 2.30. The zero-order valence-corrected chi connectivity index (χ0v) is 23.4. The zero-order chi connectivity index (χ0) is 28.5. The second-order valence-corrected chi connectivity index (χ2v) is 10.0. The van der Waals surface area contributed by atoms with Gasteiger partial charge in [0.25, 0.3) is 0 Å². The van der Waals surface area contributed by atoms with E-state index in [0.717, 1.165) is 46.6 Å². The van der Waals surface area contributed by atoms with Crippen LogP contribution in [0.5, 0.6) is 5.75 Å². The number of carbonyl (C=O) groups excluding carboxylic acids is 2. The van der Waals surface area contributed by atoms with Gasteiger partial charge in [-0.25, -0.2) is 9.48 Å². The van der Waals surface area contributed by atoms with Gasteiger partial charge < -0.3 is 18.8 Å². The van der Waals surface area contributed by atoms with Crippen molar-refractivity contribution in [3.63, 3.8) is 0 Å². The van der Waals surface area contributed by atoms with Gasteiger partial charge >= 0.3 is 11.9 Å². The van der Waals surface area contributed by atoms with Gasteiger partial charge in [0.15, 0.2) is 5.75 Å². The Morgan fingerprint density at radius 2 is 1.66 bits per heavy atom. The molecule has 1 aliphatic rings. The highest BCUT2D eigenvalue weighted by atomic mass is 16.5. The molecule has 9 heteroatoms. The van der Waals surface area contributed by atoms with Gasteiger partial charge in [0, 0.05) is 50.2 Å². The number of para-hydroxylation sites is 1. The highest BCUT2D eigenvalue weighted by molar-refractivity contribution is 6.19. The molecule has 0 bridgehead atoms. The third-order valence-electron chi connectivity index (χ3n) is 7.44. The molecule has 3 heterocycles. The van der Waals surface area contributed by atoms with E-state index in [4.69, 9.17) is 19.3 Å². The molecule has 0 radical (unpaired) electrons. The van der Waals surface area contributed by atoms with E-state index < -0.39 is 11.9 Å². The van der Waals surface area contributed by atoms with Crippen LogP contribution < -0.4 is 4.74 Å². The van der Waals surface area contributed by atoms with Crippen LogP contribution in [0.25, 0.3) is 38.8 Å². The van der Waals surface area contributed by atoms with Crippen molar-refractivity contribution >= 4 is 33.7 Å². The van der Waals surface area contributed by atoms with E-state index in [2.05, 4.69) is 9.47 Å². The standard InChI is InChI=1S/C32H32N4O5/c1-4-40-32(38)27-24-19-26(41-21(2)37)31-28(30(24)34(3)25(27)20-35-15-17-39-18-16-35)29(22-11-7-5-8-12-22)33-36(31)23-13-9-6-10-14-23/h5-14,19H,4,15-18,20H2,1-3H3. The van der Waals surface area contributed by atoms with Gasteiger partial charge in [-0.05, 0) is 25.1 Å². The Balaban J connectivity index is 1.75. The van der Waals surface area contributed by atoms with E-state index in [1.807, 2.05) is 72.4 Å². The molecule has 9 nitrogen and oxygen atoms in total. The molecule has 0 spiro atoms. The molecule has 0 N–H and O–H groups in total. The number of benzene rings is 3. The molecule has 5 aromatic rings. The maximum atomic E-state index is 13.6. The lowest BCUT2D eigenvalue weighted by atomic mass is 10.0. The number of hydrogen-bond donors (Lipinski definition) is 0. The van der Waals surface area contributed by atoms with E-state index in [1.165, 1.54) is 6.92 Å². The third kappa shape index (κ3) is 4.87. The molecule has 1 saturated heterocycles. The van der Waals surface area contributed by atoms with Crippen LogP contribution in [0, 0.1) is 0 Å². The average Bonchev–Trinajstić information content (AvgIpc) is 3.50. The van der Waals surface area contributed by atoms with Gasteiger partial charge in [-0.2, -0.15) is 5.10 Å². The summed E-state index contributed by atoms with van der Waals surface area (Å²) in [6.45, 7) is 6.76. The van der Waals surface area contributed by atoms with Crippen molar-refractivity contribution in [2.24, 2.45) is 7.05 Å². The first-order valence-electron chi connectivity index (χ1n) is 13.8. The molecule has 210 valence electrons. The normalized spacial score (nSPS) is 14.0. The summed E-state index contributed by atoms with van der Waals surface area (Å²) in [4.78, 5) is 28.3. The van der Waals surface area contributed by atoms with Gasteiger partial charge in [-0.3, -0.25) is 9.69 Å². The Morgan fingerprint density at radius 3 is 2.32 bits per heavy atom. The van der Waals surface area contributed by atoms with Crippen LogP contribution in [0.15, 0.2) is 66.7 Å². The smallest absolute Gasteiger partial charge is 0.340 e. The predicted octanol–water partition coefficient (Wildman–Crippen LogP) is 5.12. The molecule has 1 fully saturated rings. The second-order valence-electron chi connectivity index (χ2n) is 10.0. The van der Waals surface area contributed by atoms with Crippen LogP contribution in [-0.4, -0.2) is 64.1 Å². The number of esters is 2. The minimum absolute atomic E-state index is 0.243. The van der Waals surface area contributed by atoms with E-state index in [-0.39, 0.29) is 6.61 Å². The molecule has 1 aliphatic heterocycles. The Bertz CT molecular complexity index is 1730. The maximum Gasteiger partial charge on any atom is 0.340 e. The van der Waals surface area contributed by atoms with Crippen molar-refractivity contribution in [3.05, 3.63) is 78.0 Å². The van der Waals surface area contributed by atoms with E-state index in [0.29, 0.717) is 42.0 Å². The van der Waals surface area contributed by atoms with Crippen LogP contribution in [0.1, 0.15) is 29.9 Å². The first-order valence-corrected chi connectivity index (χ1v) is 13.8. The molecule has 0 amide bonds. The number of morpholine rings is 1. The molecule has 0 saturated carbocycles. The molecule has 0 atom stereocenters. The number of hydrogen-bond acceptors (Lipinski definition) is 7.